The number of likely N-dealkylation sites (tertiary alicyclic amines) is 1. The van der Waals surface area contributed by atoms with Crippen molar-refractivity contribution < 1.29 is 19.2 Å². The minimum atomic E-state index is -0.506. The van der Waals surface area contributed by atoms with E-state index in [0.717, 1.165) is 25.2 Å². The van der Waals surface area contributed by atoms with Gasteiger partial charge < -0.3 is 14.8 Å². The maximum absolute atomic E-state index is 12.3. The number of benzene rings is 2. The van der Waals surface area contributed by atoms with E-state index in [4.69, 9.17) is 9.47 Å². The van der Waals surface area contributed by atoms with E-state index in [9.17, 15) is 14.9 Å². The zero-order valence-corrected chi connectivity index (χ0v) is 16.5. The van der Waals surface area contributed by atoms with Crippen molar-refractivity contribution in [3.05, 3.63) is 69.3 Å². The molecule has 30 heavy (non-hydrogen) atoms. The molecule has 1 amide bonds. The molecule has 2 aromatic rings. The van der Waals surface area contributed by atoms with E-state index in [1.807, 2.05) is 18.2 Å². The molecule has 0 radical (unpaired) electrons. The predicted octanol–water partition coefficient (Wildman–Crippen LogP) is 3.25. The number of hydrogen-bond acceptors (Lipinski definition) is 6. The van der Waals surface area contributed by atoms with Gasteiger partial charge in [-0.3, -0.25) is 19.8 Å². The van der Waals surface area contributed by atoms with Crippen molar-refractivity contribution in [2.75, 3.05) is 19.9 Å². The minimum Gasteiger partial charge on any atom is -0.454 e. The topological polar surface area (TPSA) is 93.9 Å². The molecule has 2 aromatic carbocycles. The monoisotopic (exact) mass is 409 g/mol. The summed E-state index contributed by atoms with van der Waals surface area (Å²) in [4.78, 5) is 25.6. The van der Waals surface area contributed by atoms with Gasteiger partial charge in [0.2, 0.25) is 12.7 Å². The first-order valence-corrected chi connectivity index (χ1v) is 9.93. The molecule has 1 fully saturated rings. The SMILES string of the molecule is O=C(/C=C/c1cc2c(cc1[N+](=O)[O-])OCO2)NCc1ccccc1CN1CCCC1. The summed E-state index contributed by atoms with van der Waals surface area (Å²) in [7, 11) is 0. The molecular formula is C22H23N3O5. The summed E-state index contributed by atoms with van der Waals surface area (Å²) in [5, 5.41) is 14.2. The van der Waals surface area contributed by atoms with Gasteiger partial charge in [0.15, 0.2) is 11.5 Å². The third kappa shape index (κ3) is 4.60. The molecule has 0 saturated carbocycles. The number of fused-ring (bicyclic) bond motifs is 1. The second kappa shape index (κ2) is 8.96. The molecule has 0 unspecified atom stereocenters. The Morgan fingerprint density at radius 3 is 2.57 bits per heavy atom. The standard InChI is InChI=1S/C22H23N3O5/c26-22(8-7-16-11-20-21(30-15-29-20)12-19(16)25(27)28)23-13-17-5-1-2-6-18(17)14-24-9-3-4-10-24/h1-2,5-8,11-12H,3-4,9-10,13-15H2,(H,23,26)/b8-7+. The molecule has 156 valence electrons. The smallest absolute Gasteiger partial charge is 0.280 e. The van der Waals surface area contributed by atoms with Crippen LogP contribution in [0.1, 0.15) is 29.5 Å². The summed E-state index contributed by atoms with van der Waals surface area (Å²) in [5.41, 5.74) is 2.42. The van der Waals surface area contributed by atoms with Gasteiger partial charge >= 0.3 is 0 Å². The van der Waals surface area contributed by atoms with Crippen LogP contribution >= 0.6 is 0 Å². The summed E-state index contributed by atoms with van der Waals surface area (Å²) in [6.07, 6.45) is 5.19. The lowest BCUT2D eigenvalue weighted by Crippen LogP contribution is -2.23. The number of hydrogen-bond donors (Lipinski definition) is 1. The van der Waals surface area contributed by atoms with Crippen LogP contribution in [-0.2, 0) is 17.9 Å². The van der Waals surface area contributed by atoms with Crippen LogP contribution in [0.3, 0.4) is 0 Å². The molecule has 2 aliphatic rings. The van der Waals surface area contributed by atoms with Crippen molar-refractivity contribution in [3.8, 4) is 11.5 Å². The Bertz CT molecular complexity index is 983. The Morgan fingerprint density at radius 2 is 1.83 bits per heavy atom. The molecule has 1 N–H and O–H groups in total. The summed E-state index contributed by atoms with van der Waals surface area (Å²) < 4.78 is 10.5. The highest BCUT2D eigenvalue weighted by molar-refractivity contribution is 5.92. The summed E-state index contributed by atoms with van der Waals surface area (Å²) >= 11 is 0. The van der Waals surface area contributed by atoms with E-state index in [0.29, 0.717) is 18.0 Å². The fourth-order valence-corrected chi connectivity index (χ4v) is 3.71. The highest BCUT2D eigenvalue weighted by Crippen LogP contribution is 2.38. The van der Waals surface area contributed by atoms with Gasteiger partial charge in [0.05, 0.1) is 16.6 Å². The van der Waals surface area contributed by atoms with E-state index < -0.39 is 4.92 Å². The number of nitro groups is 1. The Balaban J connectivity index is 1.41. The average molecular weight is 409 g/mol. The highest BCUT2D eigenvalue weighted by atomic mass is 16.7. The first-order valence-electron chi connectivity index (χ1n) is 9.93. The number of nitrogens with one attached hydrogen (secondary N) is 1. The Hall–Kier alpha value is -3.39. The van der Waals surface area contributed by atoms with Crippen molar-refractivity contribution in [1.29, 1.82) is 0 Å². The zero-order valence-electron chi connectivity index (χ0n) is 16.5. The number of nitro benzene ring substituents is 1. The maximum atomic E-state index is 12.3. The lowest BCUT2D eigenvalue weighted by atomic mass is 10.1. The molecule has 0 atom stereocenters. The van der Waals surface area contributed by atoms with Crippen LogP contribution in [0.4, 0.5) is 5.69 Å². The number of amides is 1. The van der Waals surface area contributed by atoms with Gasteiger partial charge in [-0.15, -0.1) is 0 Å². The first-order chi connectivity index (χ1) is 14.6. The fourth-order valence-electron chi connectivity index (χ4n) is 3.71. The van der Waals surface area contributed by atoms with Gasteiger partial charge in [0.1, 0.15) is 0 Å². The molecule has 4 rings (SSSR count). The molecular weight excluding hydrogens is 386 g/mol. The second-order valence-electron chi connectivity index (χ2n) is 7.32. The maximum Gasteiger partial charge on any atom is 0.280 e. The Labute approximate surface area is 174 Å². The van der Waals surface area contributed by atoms with Crippen molar-refractivity contribution >= 4 is 17.7 Å². The third-order valence-corrected chi connectivity index (χ3v) is 5.30. The molecule has 8 nitrogen and oxygen atoms in total. The van der Waals surface area contributed by atoms with E-state index in [1.165, 1.54) is 42.7 Å². The van der Waals surface area contributed by atoms with Gasteiger partial charge in [0.25, 0.3) is 5.69 Å². The van der Waals surface area contributed by atoms with Crippen LogP contribution in [-0.4, -0.2) is 35.6 Å². The normalized spacial score (nSPS) is 15.6. The molecule has 0 aliphatic carbocycles. The highest BCUT2D eigenvalue weighted by Gasteiger charge is 2.22. The number of nitrogens with zero attached hydrogens (tertiary/aromatic N) is 2. The fraction of sp³-hybridized carbons (Fsp3) is 0.318. The van der Waals surface area contributed by atoms with Gasteiger partial charge in [-0.1, -0.05) is 24.3 Å². The van der Waals surface area contributed by atoms with E-state index in [-0.39, 0.29) is 24.0 Å². The molecule has 8 heteroatoms. The molecule has 0 aromatic heterocycles. The van der Waals surface area contributed by atoms with E-state index >= 15 is 0 Å². The molecule has 0 bridgehead atoms. The molecule has 0 spiro atoms. The van der Waals surface area contributed by atoms with Gasteiger partial charge in [0, 0.05) is 19.2 Å². The van der Waals surface area contributed by atoms with Crippen molar-refractivity contribution in [3.63, 3.8) is 0 Å². The first kappa shape index (κ1) is 19.9. The van der Waals surface area contributed by atoms with E-state index in [2.05, 4.69) is 16.3 Å². The summed E-state index contributed by atoms with van der Waals surface area (Å²) in [6.45, 7) is 3.52. The van der Waals surface area contributed by atoms with Crippen LogP contribution in [0.15, 0.2) is 42.5 Å². The zero-order chi connectivity index (χ0) is 20.9. The number of carbonyl (C=O) groups is 1. The molecule has 2 aliphatic heterocycles. The van der Waals surface area contributed by atoms with Crippen LogP contribution < -0.4 is 14.8 Å². The van der Waals surface area contributed by atoms with Crippen LogP contribution in [0.25, 0.3) is 6.08 Å². The predicted molar refractivity (Wildman–Crippen MR) is 111 cm³/mol. The van der Waals surface area contributed by atoms with Gasteiger partial charge in [-0.05, 0) is 49.2 Å². The average Bonchev–Trinajstić information content (AvgIpc) is 3.42. The van der Waals surface area contributed by atoms with Gasteiger partial charge in [-0.25, -0.2) is 0 Å². The quantitative estimate of drug-likeness (QED) is 0.429. The number of ether oxygens (including phenoxy) is 2. The molecule has 2 heterocycles. The Kier molecular flexibility index (Phi) is 5.94. The third-order valence-electron chi connectivity index (χ3n) is 5.30. The van der Waals surface area contributed by atoms with Crippen molar-refractivity contribution in [1.82, 2.24) is 10.2 Å². The van der Waals surface area contributed by atoms with Crippen molar-refractivity contribution in [2.45, 2.75) is 25.9 Å². The largest absolute Gasteiger partial charge is 0.454 e. The van der Waals surface area contributed by atoms with Crippen molar-refractivity contribution in [2.24, 2.45) is 0 Å². The summed E-state index contributed by atoms with van der Waals surface area (Å²) in [5.74, 6) is 0.437. The van der Waals surface area contributed by atoms with Crippen LogP contribution in [0.2, 0.25) is 0 Å². The summed E-state index contributed by atoms with van der Waals surface area (Å²) in [6, 6.07) is 10.9. The van der Waals surface area contributed by atoms with Crippen LogP contribution in [0.5, 0.6) is 11.5 Å². The van der Waals surface area contributed by atoms with E-state index in [1.54, 1.807) is 0 Å². The lowest BCUT2D eigenvalue weighted by molar-refractivity contribution is -0.385. The molecule has 1 saturated heterocycles. The van der Waals surface area contributed by atoms with Crippen LogP contribution in [0, 0.1) is 10.1 Å². The second-order valence-corrected chi connectivity index (χ2v) is 7.32. The number of rotatable bonds is 7. The number of carbonyl (C=O) groups excluding carboxylic acids is 1. The van der Waals surface area contributed by atoms with Gasteiger partial charge in [-0.2, -0.15) is 0 Å². The Morgan fingerprint density at radius 1 is 1.13 bits per heavy atom. The lowest BCUT2D eigenvalue weighted by Gasteiger charge is -2.17. The minimum absolute atomic E-state index is 0.0248.